The van der Waals surface area contributed by atoms with Crippen LogP contribution in [0.3, 0.4) is 0 Å². The Balaban J connectivity index is 2.90. The molecule has 0 amide bonds. The fourth-order valence-electron chi connectivity index (χ4n) is 1.71. The van der Waals surface area contributed by atoms with E-state index in [0.717, 1.165) is 30.4 Å². The molecule has 0 spiro atoms. The second-order valence-corrected chi connectivity index (χ2v) is 4.38. The van der Waals surface area contributed by atoms with Crippen molar-refractivity contribution in [1.29, 1.82) is 5.26 Å². The second-order valence-electron chi connectivity index (χ2n) is 4.38. The number of nitrogens with zero attached hydrogens (tertiary/aromatic N) is 5. The lowest BCUT2D eigenvalue weighted by atomic mass is 10.3. The molecule has 0 aromatic carbocycles. The van der Waals surface area contributed by atoms with Crippen LogP contribution < -0.4 is 9.80 Å². The van der Waals surface area contributed by atoms with Crippen LogP contribution in [-0.2, 0) is 0 Å². The van der Waals surface area contributed by atoms with Crippen molar-refractivity contribution in [3.05, 3.63) is 11.9 Å². The van der Waals surface area contributed by atoms with Crippen molar-refractivity contribution < 1.29 is 0 Å². The Morgan fingerprint density at radius 1 is 1.17 bits per heavy atom. The summed E-state index contributed by atoms with van der Waals surface area (Å²) in [6.07, 6.45) is 1.58. The molecule has 0 aliphatic heterocycles. The van der Waals surface area contributed by atoms with Crippen LogP contribution in [0.2, 0.25) is 0 Å². The Morgan fingerprint density at radius 3 is 2.22 bits per heavy atom. The van der Waals surface area contributed by atoms with Gasteiger partial charge >= 0.3 is 0 Å². The molecule has 0 N–H and O–H groups in total. The van der Waals surface area contributed by atoms with Crippen molar-refractivity contribution in [3.63, 3.8) is 0 Å². The molecule has 5 nitrogen and oxygen atoms in total. The summed E-state index contributed by atoms with van der Waals surface area (Å²) < 4.78 is 0. The molecule has 98 valence electrons. The van der Waals surface area contributed by atoms with Crippen LogP contribution in [0.4, 0.5) is 11.6 Å². The lowest BCUT2D eigenvalue weighted by Crippen LogP contribution is -2.23. The molecule has 0 saturated heterocycles. The summed E-state index contributed by atoms with van der Waals surface area (Å²) in [5.74, 6) is 2.56. The lowest BCUT2D eigenvalue weighted by molar-refractivity contribution is 0.819. The highest BCUT2D eigenvalue weighted by molar-refractivity contribution is 5.50. The Labute approximate surface area is 109 Å². The summed E-state index contributed by atoms with van der Waals surface area (Å²) in [5, 5.41) is 8.61. The van der Waals surface area contributed by atoms with Crippen LogP contribution in [0.5, 0.6) is 0 Å². The molecule has 1 aromatic rings. The predicted octanol–water partition coefficient (Wildman–Crippen LogP) is 1.98. The van der Waals surface area contributed by atoms with Gasteiger partial charge in [0.1, 0.15) is 17.5 Å². The van der Waals surface area contributed by atoms with Crippen LogP contribution >= 0.6 is 0 Å². The molecular weight excluding hydrogens is 226 g/mol. The Bertz CT molecular complexity index is 424. The topological polar surface area (TPSA) is 56.0 Å². The van der Waals surface area contributed by atoms with E-state index in [2.05, 4.69) is 27.9 Å². The number of aromatic nitrogens is 2. The average Bonchev–Trinajstić information content (AvgIpc) is 2.35. The van der Waals surface area contributed by atoms with Gasteiger partial charge in [-0.05, 0) is 13.3 Å². The molecule has 1 rings (SSSR count). The Morgan fingerprint density at radius 2 is 1.72 bits per heavy atom. The van der Waals surface area contributed by atoms with Gasteiger partial charge in [-0.15, -0.1) is 0 Å². The number of anilines is 2. The van der Waals surface area contributed by atoms with E-state index >= 15 is 0 Å². The van der Waals surface area contributed by atoms with Crippen LogP contribution in [0.1, 0.15) is 25.6 Å². The Hall–Kier alpha value is -1.83. The number of aryl methyl sites for hydroxylation is 1. The maximum absolute atomic E-state index is 8.61. The van der Waals surface area contributed by atoms with Crippen molar-refractivity contribution in [3.8, 4) is 6.07 Å². The van der Waals surface area contributed by atoms with Gasteiger partial charge in [0.15, 0.2) is 0 Å². The second kappa shape index (κ2) is 6.80. The SMILES string of the molecule is CCCN(C)c1cc(N(C)CCC#N)nc(C)n1. The summed E-state index contributed by atoms with van der Waals surface area (Å²) in [6.45, 7) is 5.69. The van der Waals surface area contributed by atoms with Gasteiger partial charge < -0.3 is 9.80 Å². The first-order valence-corrected chi connectivity index (χ1v) is 6.23. The van der Waals surface area contributed by atoms with Gasteiger partial charge in [-0.25, -0.2) is 9.97 Å². The number of hydrogen-bond donors (Lipinski definition) is 0. The van der Waals surface area contributed by atoms with Crippen LogP contribution in [-0.4, -0.2) is 37.2 Å². The highest BCUT2D eigenvalue weighted by Crippen LogP contribution is 2.17. The first-order chi connectivity index (χ1) is 8.58. The van der Waals surface area contributed by atoms with E-state index in [9.17, 15) is 0 Å². The van der Waals surface area contributed by atoms with E-state index in [1.54, 1.807) is 0 Å². The minimum absolute atomic E-state index is 0.500. The quantitative estimate of drug-likeness (QED) is 0.769. The smallest absolute Gasteiger partial charge is 0.134 e. The van der Waals surface area contributed by atoms with Gasteiger partial charge in [0.05, 0.1) is 12.5 Å². The highest BCUT2D eigenvalue weighted by atomic mass is 15.2. The molecule has 1 aromatic heterocycles. The molecule has 0 unspecified atom stereocenters. The minimum Gasteiger partial charge on any atom is -0.360 e. The summed E-state index contributed by atoms with van der Waals surface area (Å²) >= 11 is 0. The predicted molar refractivity (Wildman–Crippen MR) is 73.8 cm³/mol. The average molecular weight is 247 g/mol. The Kier molecular flexibility index (Phi) is 5.37. The number of hydrogen-bond acceptors (Lipinski definition) is 5. The molecule has 0 radical (unpaired) electrons. The van der Waals surface area contributed by atoms with E-state index in [1.807, 2.05) is 32.0 Å². The zero-order valence-corrected chi connectivity index (χ0v) is 11.6. The standard InChI is InChI=1S/C13H21N5/c1-5-8-17(3)12-10-13(16-11(2)15-12)18(4)9-6-7-14/h10H,5-6,8-9H2,1-4H3. The normalized spacial score (nSPS) is 9.94. The first kappa shape index (κ1) is 14.2. The molecular formula is C13H21N5. The highest BCUT2D eigenvalue weighted by Gasteiger charge is 2.09. The number of nitriles is 1. The first-order valence-electron chi connectivity index (χ1n) is 6.23. The molecule has 0 bridgehead atoms. The molecule has 0 aliphatic carbocycles. The zero-order chi connectivity index (χ0) is 13.5. The largest absolute Gasteiger partial charge is 0.360 e. The van der Waals surface area contributed by atoms with Crippen LogP contribution in [0.15, 0.2) is 6.07 Å². The van der Waals surface area contributed by atoms with Gasteiger partial charge in [0.2, 0.25) is 0 Å². The third-order valence-electron chi connectivity index (χ3n) is 2.71. The van der Waals surface area contributed by atoms with Crippen molar-refractivity contribution >= 4 is 11.6 Å². The van der Waals surface area contributed by atoms with Gasteiger partial charge in [-0.2, -0.15) is 5.26 Å². The van der Waals surface area contributed by atoms with E-state index in [0.29, 0.717) is 13.0 Å². The van der Waals surface area contributed by atoms with E-state index in [1.165, 1.54) is 0 Å². The van der Waals surface area contributed by atoms with E-state index in [-0.39, 0.29) is 0 Å². The number of rotatable bonds is 6. The van der Waals surface area contributed by atoms with E-state index < -0.39 is 0 Å². The van der Waals surface area contributed by atoms with Crippen molar-refractivity contribution in [2.75, 3.05) is 37.0 Å². The summed E-state index contributed by atoms with van der Waals surface area (Å²) in [7, 11) is 3.98. The molecule has 0 fully saturated rings. The fraction of sp³-hybridized carbons (Fsp3) is 0.615. The van der Waals surface area contributed by atoms with Crippen LogP contribution in [0.25, 0.3) is 0 Å². The van der Waals surface area contributed by atoms with Crippen LogP contribution in [0, 0.1) is 18.3 Å². The minimum atomic E-state index is 0.500. The summed E-state index contributed by atoms with van der Waals surface area (Å²) in [6, 6.07) is 4.12. The monoisotopic (exact) mass is 247 g/mol. The zero-order valence-electron chi connectivity index (χ0n) is 11.6. The lowest BCUT2D eigenvalue weighted by Gasteiger charge is -2.21. The summed E-state index contributed by atoms with van der Waals surface area (Å²) in [4.78, 5) is 13.0. The summed E-state index contributed by atoms with van der Waals surface area (Å²) in [5.41, 5.74) is 0. The molecule has 0 atom stereocenters. The van der Waals surface area contributed by atoms with Gasteiger partial charge in [-0.3, -0.25) is 0 Å². The van der Waals surface area contributed by atoms with E-state index in [4.69, 9.17) is 5.26 Å². The maximum Gasteiger partial charge on any atom is 0.134 e. The van der Waals surface area contributed by atoms with Gasteiger partial charge in [0.25, 0.3) is 0 Å². The third kappa shape index (κ3) is 3.88. The molecule has 0 saturated carbocycles. The fourth-order valence-corrected chi connectivity index (χ4v) is 1.71. The van der Waals surface area contributed by atoms with Crippen molar-refractivity contribution in [2.24, 2.45) is 0 Å². The maximum atomic E-state index is 8.61. The van der Waals surface area contributed by atoms with Crippen molar-refractivity contribution in [1.82, 2.24) is 9.97 Å². The third-order valence-corrected chi connectivity index (χ3v) is 2.71. The molecule has 1 heterocycles. The molecule has 5 heteroatoms. The molecule has 18 heavy (non-hydrogen) atoms. The molecule has 0 aliphatic rings. The van der Waals surface area contributed by atoms with Crippen molar-refractivity contribution in [2.45, 2.75) is 26.7 Å². The van der Waals surface area contributed by atoms with Gasteiger partial charge in [-0.1, -0.05) is 6.92 Å². The van der Waals surface area contributed by atoms with Gasteiger partial charge in [0, 0.05) is 33.3 Å².